The van der Waals surface area contributed by atoms with E-state index < -0.39 is 0 Å². The Kier molecular flexibility index (Phi) is 12.7. The molecule has 178 valence electrons. The van der Waals surface area contributed by atoms with Crippen LogP contribution in [0.25, 0.3) is 0 Å². The highest BCUT2D eigenvalue weighted by Crippen LogP contribution is 2.16. The van der Waals surface area contributed by atoms with Gasteiger partial charge in [-0.1, -0.05) is 6.42 Å². The van der Waals surface area contributed by atoms with E-state index in [1.54, 1.807) is 7.11 Å². The van der Waals surface area contributed by atoms with Crippen LogP contribution >= 0.6 is 24.0 Å². The molecular weight excluding hydrogens is 507 g/mol. The number of fused-ring (bicyclic) bond motifs is 1. The summed E-state index contributed by atoms with van der Waals surface area (Å²) in [5.41, 5.74) is 0. The topological polar surface area (TPSA) is 76.8 Å². The normalized spacial score (nSPS) is 17.7. The number of hydrogen-bond acceptors (Lipinski definition) is 5. The van der Waals surface area contributed by atoms with Gasteiger partial charge in [-0.25, -0.2) is 0 Å². The maximum absolute atomic E-state index is 5.99. The van der Waals surface area contributed by atoms with Crippen LogP contribution in [0.3, 0.4) is 0 Å². The van der Waals surface area contributed by atoms with Crippen LogP contribution in [-0.4, -0.2) is 78.2 Å². The summed E-state index contributed by atoms with van der Waals surface area (Å²) in [6.45, 7) is 8.48. The fraction of sp³-hybridized carbons (Fsp3) is 0.864. The van der Waals surface area contributed by atoms with E-state index in [0.717, 1.165) is 96.2 Å². The third kappa shape index (κ3) is 8.49. The Morgan fingerprint density at radius 1 is 1.10 bits per heavy atom. The fourth-order valence-corrected chi connectivity index (χ4v) is 4.27. The largest absolute Gasteiger partial charge is 0.385 e. The highest BCUT2D eigenvalue weighted by atomic mass is 127. The van der Waals surface area contributed by atoms with Gasteiger partial charge >= 0.3 is 0 Å². The van der Waals surface area contributed by atoms with Crippen molar-refractivity contribution in [3.8, 4) is 0 Å². The fourth-order valence-electron chi connectivity index (χ4n) is 4.27. The van der Waals surface area contributed by atoms with E-state index in [1.807, 2.05) is 0 Å². The number of aromatic nitrogens is 3. The lowest BCUT2D eigenvalue weighted by atomic mass is 10.1. The molecule has 0 aromatic carbocycles. The molecular formula is C22H41IN6O2. The molecule has 0 spiro atoms. The summed E-state index contributed by atoms with van der Waals surface area (Å²) in [5.74, 6) is 3.35. The third-order valence-electron chi connectivity index (χ3n) is 5.93. The van der Waals surface area contributed by atoms with E-state index >= 15 is 0 Å². The number of piperidine rings is 1. The number of halogens is 1. The maximum atomic E-state index is 5.99. The second kappa shape index (κ2) is 15.0. The van der Waals surface area contributed by atoms with Crippen molar-refractivity contribution in [3.63, 3.8) is 0 Å². The van der Waals surface area contributed by atoms with E-state index in [0.29, 0.717) is 6.10 Å². The van der Waals surface area contributed by atoms with Gasteiger partial charge in [0.1, 0.15) is 11.6 Å². The molecule has 1 saturated heterocycles. The first-order chi connectivity index (χ1) is 14.8. The molecule has 1 N–H and O–H groups in total. The van der Waals surface area contributed by atoms with Gasteiger partial charge in [-0.2, -0.15) is 0 Å². The van der Waals surface area contributed by atoms with Crippen molar-refractivity contribution in [2.45, 2.75) is 77.4 Å². The van der Waals surface area contributed by atoms with Crippen LogP contribution in [0.2, 0.25) is 0 Å². The van der Waals surface area contributed by atoms with Gasteiger partial charge in [-0.3, -0.25) is 4.99 Å². The first-order valence-corrected chi connectivity index (χ1v) is 11.9. The first-order valence-electron chi connectivity index (χ1n) is 11.9. The average Bonchev–Trinajstić information content (AvgIpc) is 3.00. The summed E-state index contributed by atoms with van der Waals surface area (Å²) in [4.78, 5) is 7.27. The molecule has 0 radical (unpaired) electrons. The van der Waals surface area contributed by atoms with Crippen molar-refractivity contribution in [2.75, 3.05) is 46.5 Å². The number of hydrogen-bond donors (Lipinski definition) is 1. The van der Waals surface area contributed by atoms with Crippen LogP contribution in [0.1, 0.15) is 63.5 Å². The van der Waals surface area contributed by atoms with Crippen LogP contribution in [0.15, 0.2) is 4.99 Å². The van der Waals surface area contributed by atoms with Crippen molar-refractivity contribution in [3.05, 3.63) is 11.6 Å². The Bertz CT molecular complexity index is 646. The SMILES string of the molecule is CCNC(=NCCCc1nnc2n1CCCCC2)N1CCC(OCCCOC)CC1.I. The van der Waals surface area contributed by atoms with Crippen molar-refractivity contribution in [1.29, 1.82) is 0 Å². The monoisotopic (exact) mass is 548 g/mol. The Labute approximate surface area is 204 Å². The lowest BCUT2D eigenvalue weighted by molar-refractivity contribution is 0.00990. The summed E-state index contributed by atoms with van der Waals surface area (Å²) < 4.78 is 13.4. The molecule has 0 unspecified atom stereocenters. The number of aliphatic imine (C=N–C) groups is 1. The van der Waals surface area contributed by atoms with Gasteiger partial charge in [0.15, 0.2) is 5.96 Å². The lowest BCUT2D eigenvalue weighted by Gasteiger charge is -2.34. The molecule has 2 aliphatic heterocycles. The first kappa shape index (κ1) is 26.3. The summed E-state index contributed by atoms with van der Waals surface area (Å²) in [7, 11) is 1.74. The molecule has 3 heterocycles. The van der Waals surface area contributed by atoms with E-state index in [-0.39, 0.29) is 24.0 Å². The minimum absolute atomic E-state index is 0. The Hall–Kier alpha value is -0.940. The Balaban J connectivity index is 0.00000341. The quantitative estimate of drug-likeness (QED) is 0.210. The van der Waals surface area contributed by atoms with Crippen molar-refractivity contribution >= 4 is 29.9 Å². The number of ether oxygens (including phenoxy) is 2. The number of aryl methyl sites for hydroxylation is 2. The number of methoxy groups -OCH3 is 1. The van der Waals surface area contributed by atoms with Crippen molar-refractivity contribution in [2.24, 2.45) is 4.99 Å². The van der Waals surface area contributed by atoms with E-state index in [4.69, 9.17) is 14.5 Å². The molecule has 0 bridgehead atoms. The Morgan fingerprint density at radius 3 is 2.71 bits per heavy atom. The number of guanidine groups is 1. The second-order valence-electron chi connectivity index (χ2n) is 8.24. The Morgan fingerprint density at radius 2 is 1.94 bits per heavy atom. The molecule has 8 nitrogen and oxygen atoms in total. The molecule has 0 amide bonds. The number of rotatable bonds is 10. The smallest absolute Gasteiger partial charge is 0.193 e. The zero-order chi connectivity index (χ0) is 21.0. The minimum Gasteiger partial charge on any atom is -0.385 e. The van der Waals surface area contributed by atoms with Gasteiger partial charge in [0.25, 0.3) is 0 Å². The second-order valence-corrected chi connectivity index (χ2v) is 8.24. The minimum atomic E-state index is 0. The standard InChI is InChI=1S/C22H40N6O2.HI/c1-3-23-22(27-15-11-19(12-16-27)30-18-8-17-29-2)24-13-7-10-21-26-25-20-9-5-4-6-14-28(20)21;/h19H,3-18H2,1-2H3,(H,23,24);1H. The predicted octanol–water partition coefficient (Wildman–Crippen LogP) is 3.04. The molecule has 1 aromatic rings. The summed E-state index contributed by atoms with van der Waals surface area (Å²) >= 11 is 0. The van der Waals surface area contributed by atoms with Crippen LogP contribution in [0.5, 0.6) is 0 Å². The summed E-state index contributed by atoms with van der Waals surface area (Å²) in [6.07, 6.45) is 10.3. The molecule has 1 fully saturated rings. The maximum Gasteiger partial charge on any atom is 0.193 e. The van der Waals surface area contributed by atoms with Crippen molar-refractivity contribution in [1.82, 2.24) is 25.0 Å². The van der Waals surface area contributed by atoms with Gasteiger partial charge in [-0.15, -0.1) is 34.2 Å². The third-order valence-corrected chi connectivity index (χ3v) is 5.93. The van der Waals surface area contributed by atoms with Gasteiger partial charge in [-0.05, 0) is 45.4 Å². The highest BCUT2D eigenvalue weighted by Gasteiger charge is 2.22. The zero-order valence-electron chi connectivity index (χ0n) is 19.4. The number of nitrogens with one attached hydrogen (secondary N) is 1. The van der Waals surface area contributed by atoms with Crippen LogP contribution in [0, 0.1) is 0 Å². The van der Waals surface area contributed by atoms with Gasteiger partial charge in [0, 0.05) is 65.9 Å². The number of nitrogens with zero attached hydrogens (tertiary/aromatic N) is 5. The molecule has 0 aliphatic carbocycles. The van der Waals surface area contributed by atoms with Crippen LogP contribution < -0.4 is 5.32 Å². The highest BCUT2D eigenvalue weighted by molar-refractivity contribution is 14.0. The predicted molar refractivity (Wildman–Crippen MR) is 134 cm³/mol. The number of likely N-dealkylation sites (tertiary alicyclic amines) is 1. The van der Waals surface area contributed by atoms with Crippen LogP contribution in [-0.2, 0) is 28.9 Å². The van der Waals surface area contributed by atoms with Gasteiger partial charge in [0.05, 0.1) is 6.10 Å². The average molecular weight is 549 g/mol. The molecule has 0 atom stereocenters. The van der Waals surface area contributed by atoms with E-state index in [1.165, 1.54) is 25.1 Å². The summed E-state index contributed by atoms with van der Waals surface area (Å²) in [6, 6.07) is 0. The lowest BCUT2D eigenvalue weighted by Crippen LogP contribution is -2.47. The molecule has 9 heteroatoms. The molecule has 1 aromatic heterocycles. The van der Waals surface area contributed by atoms with Crippen LogP contribution in [0.4, 0.5) is 0 Å². The van der Waals surface area contributed by atoms with Gasteiger partial charge < -0.3 is 24.3 Å². The summed E-state index contributed by atoms with van der Waals surface area (Å²) in [5, 5.41) is 12.3. The molecule has 31 heavy (non-hydrogen) atoms. The molecule has 0 saturated carbocycles. The molecule has 3 rings (SSSR count). The van der Waals surface area contributed by atoms with E-state index in [2.05, 4.69) is 31.9 Å². The molecule has 2 aliphatic rings. The zero-order valence-corrected chi connectivity index (χ0v) is 21.7. The van der Waals surface area contributed by atoms with Gasteiger partial charge in [0.2, 0.25) is 0 Å². The van der Waals surface area contributed by atoms with Crippen molar-refractivity contribution < 1.29 is 9.47 Å². The van der Waals surface area contributed by atoms with E-state index in [9.17, 15) is 0 Å².